The van der Waals surface area contributed by atoms with E-state index in [0.29, 0.717) is 51.1 Å². The van der Waals surface area contributed by atoms with Crippen molar-refractivity contribution >= 4 is 21.9 Å². The lowest BCUT2D eigenvalue weighted by atomic mass is 10.1. The van der Waals surface area contributed by atoms with Gasteiger partial charge in [-0.15, -0.1) is 0 Å². The molecular weight excluding hydrogens is 586 g/mol. The second-order valence-electron chi connectivity index (χ2n) is 8.59. The molecule has 0 fully saturated rings. The monoisotopic (exact) mass is 611 g/mol. The molecule has 0 unspecified atom stereocenters. The van der Waals surface area contributed by atoms with Crippen molar-refractivity contribution in [2.75, 3.05) is 21.3 Å². The second kappa shape index (κ2) is 12.1. The SMILES string of the molecule is COc1ccc(Oc2c(C)cc(-n3nc(C(=O)OCc4ccc(OC)c(OC)c4)c(=O)[nH]c3=O)cc2C)cc1Br. The number of ether oxygens (including phenoxy) is 5. The molecule has 0 radical (unpaired) electrons. The van der Waals surface area contributed by atoms with Crippen molar-refractivity contribution in [3.05, 3.63) is 96.2 Å². The van der Waals surface area contributed by atoms with Crippen LogP contribution in [0.1, 0.15) is 27.2 Å². The predicted octanol–water partition coefficient (Wildman–Crippen LogP) is 4.48. The van der Waals surface area contributed by atoms with Crippen molar-refractivity contribution in [3.8, 4) is 34.4 Å². The highest BCUT2D eigenvalue weighted by molar-refractivity contribution is 9.10. The Labute approximate surface area is 237 Å². The Morgan fingerprint density at radius 2 is 1.55 bits per heavy atom. The van der Waals surface area contributed by atoms with E-state index >= 15 is 0 Å². The average Bonchev–Trinajstić information content (AvgIpc) is 2.93. The first-order chi connectivity index (χ1) is 19.1. The van der Waals surface area contributed by atoms with Crippen LogP contribution in [0, 0.1) is 13.8 Å². The first-order valence-corrected chi connectivity index (χ1v) is 12.7. The summed E-state index contributed by atoms with van der Waals surface area (Å²) in [7, 11) is 4.57. The van der Waals surface area contributed by atoms with E-state index in [9.17, 15) is 14.4 Å². The fourth-order valence-electron chi connectivity index (χ4n) is 3.94. The lowest BCUT2D eigenvalue weighted by molar-refractivity contribution is 0.0460. The molecule has 12 heteroatoms. The van der Waals surface area contributed by atoms with Gasteiger partial charge in [0.25, 0.3) is 5.56 Å². The number of carbonyl (C=O) groups excluding carboxylic acids is 1. The third-order valence-electron chi connectivity index (χ3n) is 5.87. The highest BCUT2D eigenvalue weighted by Crippen LogP contribution is 2.35. The van der Waals surface area contributed by atoms with E-state index in [-0.39, 0.29) is 6.61 Å². The number of H-pyrrole nitrogens is 1. The van der Waals surface area contributed by atoms with Crippen molar-refractivity contribution in [2.24, 2.45) is 0 Å². The van der Waals surface area contributed by atoms with Gasteiger partial charge in [0.15, 0.2) is 11.5 Å². The van der Waals surface area contributed by atoms with Crippen LogP contribution in [0.5, 0.6) is 28.7 Å². The molecule has 0 atom stereocenters. The molecule has 11 nitrogen and oxygen atoms in total. The standard InChI is InChI=1S/C28H26BrN3O8/c1-15-10-18(11-16(2)25(15)40-19-7-9-21(36-3)20(29)13-19)32-28(35)30-26(33)24(31-32)27(34)39-14-17-6-8-22(37-4)23(12-17)38-5/h6-13H,14H2,1-5H3,(H,30,33,35). The number of carbonyl (C=O) groups is 1. The summed E-state index contributed by atoms with van der Waals surface area (Å²) >= 11 is 3.44. The zero-order valence-corrected chi connectivity index (χ0v) is 24.0. The highest BCUT2D eigenvalue weighted by atomic mass is 79.9. The van der Waals surface area contributed by atoms with Crippen LogP contribution in [0.2, 0.25) is 0 Å². The molecule has 0 saturated carbocycles. The van der Waals surface area contributed by atoms with Gasteiger partial charge in [-0.3, -0.25) is 9.78 Å². The minimum Gasteiger partial charge on any atom is -0.496 e. The van der Waals surface area contributed by atoms with Gasteiger partial charge in [0.1, 0.15) is 23.9 Å². The molecule has 3 aromatic carbocycles. The average molecular weight is 612 g/mol. The first kappa shape index (κ1) is 28.4. The zero-order valence-electron chi connectivity index (χ0n) is 22.4. The van der Waals surface area contributed by atoms with Gasteiger partial charge in [-0.1, -0.05) is 6.07 Å². The quantitative estimate of drug-likeness (QED) is 0.272. The number of methoxy groups -OCH3 is 3. The third-order valence-corrected chi connectivity index (χ3v) is 6.49. The number of aromatic nitrogens is 3. The number of esters is 1. The largest absolute Gasteiger partial charge is 0.496 e. The summed E-state index contributed by atoms with van der Waals surface area (Å²) in [6.07, 6.45) is 0. The number of hydrogen-bond acceptors (Lipinski definition) is 9. The van der Waals surface area contributed by atoms with Gasteiger partial charge in [0, 0.05) is 0 Å². The number of aryl methyl sites for hydroxylation is 2. The molecule has 1 aromatic heterocycles. The Balaban J connectivity index is 1.59. The van der Waals surface area contributed by atoms with E-state index in [1.54, 1.807) is 69.5 Å². The maximum Gasteiger partial charge on any atom is 0.364 e. The topological polar surface area (TPSA) is 131 Å². The molecule has 0 saturated heterocycles. The van der Waals surface area contributed by atoms with Crippen molar-refractivity contribution in [1.82, 2.24) is 14.8 Å². The predicted molar refractivity (Wildman–Crippen MR) is 149 cm³/mol. The zero-order chi connectivity index (χ0) is 29.0. The summed E-state index contributed by atoms with van der Waals surface area (Å²) in [6.45, 7) is 3.45. The number of benzene rings is 3. The molecule has 0 aliphatic heterocycles. The Morgan fingerprint density at radius 3 is 2.17 bits per heavy atom. The van der Waals surface area contributed by atoms with Crippen molar-refractivity contribution in [3.63, 3.8) is 0 Å². The van der Waals surface area contributed by atoms with Gasteiger partial charge >= 0.3 is 11.7 Å². The van der Waals surface area contributed by atoms with E-state index in [1.807, 2.05) is 0 Å². The molecule has 40 heavy (non-hydrogen) atoms. The Hall–Kier alpha value is -4.58. The number of aromatic amines is 1. The Morgan fingerprint density at radius 1 is 0.900 bits per heavy atom. The molecule has 0 spiro atoms. The fraction of sp³-hybridized carbons (Fsp3) is 0.214. The Kier molecular flexibility index (Phi) is 8.58. The first-order valence-electron chi connectivity index (χ1n) is 11.9. The number of hydrogen-bond donors (Lipinski definition) is 1. The van der Waals surface area contributed by atoms with Crippen LogP contribution >= 0.6 is 15.9 Å². The molecule has 4 rings (SSSR count). The smallest absolute Gasteiger partial charge is 0.364 e. The molecular formula is C28H26BrN3O8. The molecule has 208 valence electrons. The van der Waals surface area contributed by atoms with E-state index in [4.69, 9.17) is 23.7 Å². The maximum absolute atomic E-state index is 12.8. The lowest BCUT2D eigenvalue weighted by Gasteiger charge is -2.15. The number of nitrogens with one attached hydrogen (secondary N) is 1. The lowest BCUT2D eigenvalue weighted by Crippen LogP contribution is -2.36. The van der Waals surface area contributed by atoms with Crippen LogP contribution in [-0.4, -0.2) is 42.1 Å². The van der Waals surface area contributed by atoms with E-state index in [0.717, 1.165) is 9.15 Å². The summed E-state index contributed by atoms with van der Waals surface area (Å²) in [5.41, 5.74) is -0.0300. The van der Waals surface area contributed by atoms with Crippen molar-refractivity contribution < 1.29 is 28.5 Å². The van der Waals surface area contributed by atoms with E-state index in [1.165, 1.54) is 14.2 Å². The maximum atomic E-state index is 12.8. The van der Waals surface area contributed by atoms with Crippen LogP contribution in [0.15, 0.2) is 62.6 Å². The molecule has 1 N–H and O–H groups in total. The summed E-state index contributed by atoms with van der Waals surface area (Å²) in [4.78, 5) is 40.0. The van der Waals surface area contributed by atoms with Gasteiger partial charge in [-0.25, -0.2) is 9.59 Å². The van der Waals surface area contributed by atoms with Gasteiger partial charge in [-0.2, -0.15) is 9.78 Å². The summed E-state index contributed by atoms with van der Waals surface area (Å²) < 4.78 is 28.7. The van der Waals surface area contributed by atoms with Crippen LogP contribution in [0.4, 0.5) is 0 Å². The minimum absolute atomic E-state index is 0.162. The van der Waals surface area contributed by atoms with E-state index < -0.39 is 22.9 Å². The number of halogens is 1. The number of nitrogens with zero attached hydrogens (tertiary/aromatic N) is 2. The van der Waals surface area contributed by atoms with Gasteiger partial charge < -0.3 is 23.7 Å². The third kappa shape index (κ3) is 6.01. The second-order valence-corrected chi connectivity index (χ2v) is 9.45. The van der Waals surface area contributed by atoms with E-state index in [2.05, 4.69) is 26.0 Å². The number of rotatable bonds is 9. The fourth-order valence-corrected chi connectivity index (χ4v) is 4.46. The molecule has 0 amide bonds. The van der Waals surface area contributed by atoms with Crippen LogP contribution in [0.25, 0.3) is 5.69 Å². The van der Waals surface area contributed by atoms with Crippen molar-refractivity contribution in [1.29, 1.82) is 0 Å². The summed E-state index contributed by atoms with van der Waals surface area (Å²) in [5.74, 6) is 1.79. The van der Waals surface area contributed by atoms with Crippen LogP contribution in [0.3, 0.4) is 0 Å². The molecule has 1 heterocycles. The van der Waals surface area contributed by atoms with Crippen molar-refractivity contribution in [2.45, 2.75) is 20.5 Å². The molecule has 0 aliphatic carbocycles. The summed E-state index contributed by atoms with van der Waals surface area (Å²) in [6, 6.07) is 13.6. The normalized spacial score (nSPS) is 10.7. The highest BCUT2D eigenvalue weighted by Gasteiger charge is 2.19. The molecule has 0 bridgehead atoms. The Bertz CT molecular complexity index is 1670. The molecule has 0 aliphatic rings. The summed E-state index contributed by atoms with van der Waals surface area (Å²) in [5, 5.41) is 4.02. The van der Waals surface area contributed by atoms with Crippen LogP contribution < -0.4 is 30.2 Å². The van der Waals surface area contributed by atoms with Gasteiger partial charge in [0.2, 0.25) is 5.69 Å². The van der Waals surface area contributed by atoms with Gasteiger partial charge in [-0.05, 0) is 88.9 Å². The van der Waals surface area contributed by atoms with Gasteiger partial charge in [0.05, 0.1) is 31.5 Å². The van der Waals surface area contributed by atoms with Crippen LogP contribution in [-0.2, 0) is 11.3 Å². The minimum atomic E-state index is -0.997. The molecule has 4 aromatic rings.